The normalized spacial score (nSPS) is 12.3. The first-order valence-electron chi connectivity index (χ1n) is 10.6. The highest BCUT2D eigenvalue weighted by atomic mass is 79.9. The number of amides is 1. The maximum atomic E-state index is 12.9. The van der Waals surface area contributed by atoms with Gasteiger partial charge in [0.05, 0.1) is 16.8 Å². The van der Waals surface area contributed by atoms with E-state index in [1.54, 1.807) is 60.7 Å². The summed E-state index contributed by atoms with van der Waals surface area (Å²) in [6.07, 6.45) is -2.46. The fourth-order valence-corrected chi connectivity index (χ4v) is 4.56. The lowest BCUT2D eigenvalue weighted by Gasteiger charge is -2.29. The molecule has 184 valence electrons. The highest BCUT2D eigenvalue weighted by molar-refractivity contribution is 9.11. The summed E-state index contributed by atoms with van der Waals surface area (Å²) in [6, 6.07) is 21.1. The van der Waals surface area contributed by atoms with Crippen LogP contribution in [0.2, 0.25) is 0 Å². The third-order valence-electron chi connectivity index (χ3n) is 4.78. The zero-order valence-electron chi connectivity index (χ0n) is 18.4. The number of phenolic OH excluding ortho intramolecular Hbond substituents is 1. The van der Waals surface area contributed by atoms with E-state index in [1.165, 1.54) is 0 Å². The lowest BCUT2D eigenvalue weighted by molar-refractivity contribution is -0.141. The molecule has 0 aliphatic carbocycles. The summed E-state index contributed by atoms with van der Waals surface area (Å²) in [5.41, 5.74) is 0.843. The van der Waals surface area contributed by atoms with E-state index in [9.17, 15) is 14.7 Å². The van der Waals surface area contributed by atoms with Gasteiger partial charge in [-0.05, 0) is 52.3 Å². The van der Waals surface area contributed by atoms with Crippen LogP contribution in [0.4, 0.5) is 10.5 Å². The van der Waals surface area contributed by atoms with Crippen molar-refractivity contribution >= 4 is 62.2 Å². The molecular weight excluding hydrogens is 602 g/mol. The number of phenols is 1. The molecule has 0 saturated heterocycles. The highest BCUT2D eigenvalue weighted by Crippen LogP contribution is 2.39. The topological polar surface area (TPSA) is 94.1 Å². The molecule has 0 aliphatic rings. The van der Waals surface area contributed by atoms with Gasteiger partial charge in [0.15, 0.2) is 6.10 Å². The number of halogens is 2. The average molecular weight is 625 g/mol. The van der Waals surface area contributed by atoms with Gasteiger partial charge in [-0.15, -0.1) is 0 Å². The Morgan fingerprint density at radius 1 is 1.00 bits per heavy atom. The predicted octanol–water partition coefficient (Wildman–Crippen LogP) is 6.52. The van der Waals surface area contributed by atoms with Crippen LogP contribution in [-0.2, 0) is 14.3 Å². The second-order valence-electron chi connectivity index (χ2n) is 7.28. The molecule has 2 N–H and O–H groups in total. The standard InChI is InChI=1S/C25H23Br2NO6S/c26-16-13-19(23(30)20(27)14-16)24(34-25(31)28-17-7-3-1-4-8-17)21(11-12-32-22(29)15-35)33-18-9-5-2-6-10-18/h1-10,13-14,21,24,30,35H,11-12,15H2,(H,28,31)/t21-,24-/m0/s1. The van der Waals surface area contributed by atoms with E-state index in [4.69, 9.17) is 14.2 Å². The van der Waals surface area contributed by atoms with E-state index < -0.39 is 24.3 Å². The molecule has 35 heavy (non-hydrogen) atoms. The van der Waals surface area contributed by atoms with E-state index in [0.717, 1.165) is 0 Å². The van der Waals surface area contributed by atoms with Crippen molar-refractivity contribution in [2.45, 2.75) is 18.6 Å². The van der Waals surface area contributed by atoms with Crippen molar-refractivity contribution in [1.82, 2.24) is 0 Å². The lowest BCUT2D eigenvalue weighted by atomic mass is 10.0. The summed E-state index contributed by atoms with van der Waals surface area (Å²) in [6.45, 7) is -0.00695. The highest BCUT2D eigenvalue weighted by Gasteiger charge is 2.32. The second kappa shape index (κ2) is 13.4. The molecule has 1 amide bonds. The van der Waals surface area contributed by atoms with Gasteiger partial charge in [-0.2, -0.15) is 12.6 Å². The van der Waals surface area contributed by atoms with Crippen molar-refractivity contribution in [3.8, 4) is 11.5 Å². The van der Waals surface area contributed by atoms with Crippen molar-refractivity contribution in [2.75, 3.05) is 17.7 Å². The first kappa shape index (κ1) is 26.9. The summed E-state index contributed by atoms with van der Waals surface area (Å²) < 4.78 is 18.2. The molecule has 3 rings (SSSR count). The van der Waals surface area contributed by atoms with Crippen LogP contribution in [0.15, 0.2) is 81.7 Å². The van der Waals surface area contributed by atoms with Crippen LogP contribution in [0.1, 0.15) is 18.1 Å². The minimum Gasteiger partial charge on any atom is -0.506 e. The number of para-hydroxylation sites is 2. The van der Waals surface area contributed by atoms with Gasteiger partial charge in [0.1, 0.15) is 17.6 Å². The van der Waals surface area contributed by atoms with Gasteiger partial charge in [-0.3, -0.25) is 10.1 Å². The average Bonchev–Trinajstić information content (AvgIpc) is 2.85. The number of thiol groups is 1. The molecule has 0 aliphatic heterocycles. The van der Waals surface area contributed by atoms with Gasteiger partial charge in [-0.25, -0.2) is 4.79 Å². The Kier molecular flexibility index (Phi) is 10.3. The molecule has 0 radical (unpaired) electrons. The van der Waals surface area contributed by atoms with Crippen molar-refractivity contribution < 1.29 is 28.9 Å². The molecule has 10 heteroatoms. The van der Waals surface area contributed by atoms with Gasteiger partial charge in [0, 0.05) is 22.1 Å². The van der Waals surface area contributed by atoms with Crippen molar-refractivity contribution in [1.29, 1.82) is 0 Å². The van der Waals surface area contributed by atoms with Crippen LogP contribution in [-0.4, -0.2) is 35.6 Å². The number of hydrogen-bond donors (Lipinski definition) is 3. The van der Waals surface area contributed by atoms with Crippen LogP contribution in [0.5, 0.6) is 11.5 Å². The zero-order valence-corrected chi connectivity index (χ0v) is 22.5. The number of benzene rings is 3. The lowest BCUT2D eigenvalue weighted by Crippen LogP contribution is -2.32. The van der Waals surface area contributed by atoms with E-state index in [2.05, 4.69) is 49.8 Å². The number of esters is 1. The number of nitrogens with one attached hydrogen (secondary N) is 1. The first-order valence-corrected chi connectivity index (χ1v) is 12.8. The second-order valence-corrected chi connectivity index (χ2v) is 9.37. The number of ether oxygens (including phenoxy) is 3. The third-order valence-corrected chi connectivity index (χ3v) is 6.10. The quantitative estimate of drug-likeness (QED) is 0.176. The van der Waals surface area contributed by atoms with E-state index in [-0.39, 0.29) is 24.5 Å². The fraction of sp³-hybridized carbons (Fsp3) is 0.200. The summed E-state index contributed by atoms with van der Waals surface area (Å²) in [5.74, 6) is -0.148. The molecule has 0 saturated carbocycles. The fourth-order valence-electron chi connectivity index (χ4n) is 3.21. The Labute approximate surface area is 225 Å². The van der Waals surface area contributed by atoms with Gasteiger partial charge < -0.3 is 19.3 Å². The minimum absolute atomic E-state index is 0.00695. The zero-order chi connectivity index (χ0) is 25.2. The Balaban J connectivity index is 1.95. The number of aromatic hydroxyl groups is 1. The molecule has 2 atom stereocenters. The summed E-state index contributed by atoms with van der Waals surface area (Å²) in [4.78, 5) is 24.5. The van der Waals surface area contributed by atoms with E-state index in [0.29, 0.717) is 25.9 Å². The molecule has 3 aromatic carbocycles. The number of anilines is 1. The molecular formula is C25H23Br2NO6S. The Morgan fingerprint density at radius 3 is 2.31 bits per heavy atom. The molecule has 0 unspecified atom stereocenters. The molecule has 0 heterocycles. The Hall–Kier alpha value is -2.69. The van der Waals surface area contributed by atoms with E-state index >= 15 is 0 Å². The third kappa shape index (κ3) is 8.19. The number of hydrogen-bond acceptors (Lipinski definition) is 7. The number of carbonyl (C=O) groups is 2. The smallest absolute Gasteiger partial charge is 0.412 e. The van der Waals surface area contributed by atoms with Gasteiger partial charge in [0.25, 0.3) is 0 Å². The van der Waals surface area contributed by atoms with Crippen LogP contribution in [0.25, 0.3) is 0 Å². The van der Waals surface area contributed by atoms with Crippen LogP contribution in [0, 0.1) is 0 Å². The largest absolute Gasteiger partial charge is 0.506 e. The van der Waals surface area contributed by atoms with Gasteiger partial charge in [0.2, 0.25) is 0 Å². The summed E-state index contributed by atoms with van der Waals surface area (Å²) >= 11 is 10.7. The monoisotopic (exact) mass is 623 g/mol. The Morgan fingerprint density at radius 2 is 1.66 bits per heavy atom. The number of carbonyl (C=O) groups excluding carboxylic acids is 2. The Bertz CT molecular complexity index is 1130. The van der Waals surface area contributed by atoms with Crippen LogP contribution >= 0.6 is 44.5 Å². The SMILES string of the molecule is O=C(CS)OCC[C@H](Oc1ccccc1)[C@@H](OC(=O)Nc1ccccc1)c1cc(Br)cc(Br)c1O. The van der Waals surface area contributed by atoms with Crippen LogP contribution < -0.4 is 10.1 Å². The molecule has 0 spiro atoms. The molecule has 0 bridgehead atoms. The van der Waals surface area contributed by atoms with E-state index in [1.807, 2.05) is 12.1 Å². The van der Waals surface area contributed by atoms with Crippen molar-refractivity contribution in [3.63, 3.8) is 0 Å². The molecule has 3 aromatic rings. The van der Waals surface area contributed by atoms with Crippen molar-refractivity contribution in [2.24, 2.45) is 0 Å². The minimum atomic E-state index is -1.07. The van der Waals surface area contributed by atoms with Crippen LogP contribution in [0.3, 0.4) is 0 Å². The van der Waals surface area contributed by atoms with Gasteiger partial charge in [-0.1, -0.05) is 52.3 Å². The molecule has 0 aromatic heterocycles. The maximum absolute atomic E-state index is 12.9. The van der Waals surface area contributed by atoms with Crippen molar-refractivity contribution in [3.05, 3.63) is 87.3 Å². The van der Waals surface area contributed by atoms with Gasteiger partial charge >= 0.3 is 12.1 Å². The molecule has 0 fully saturated rings. The molecule has 7 nitrogen and oxygen atoms in total. The maximum Gasteiger partial charge on any atom is 0.412 e. The summed E-state index contributed by atoms with van der Waals surface area (Å²) in [5, 5.41) is 13.5. The summed E-state index contributed by atoms with van der Waals surface area (Å²) in [7, 11) is 0. The first-order chi connectivity index (χ1) is 16.9. The predicted molar refractivity (Wildman–Crippen MR) is 143 cm³/mol. The number of rotatable bonds is 10.